The number of nitro benzene ring substituents is 1. The van der Waals surface area contributed by atoms with E-state index < -0.39 is 34.4 Å². The minimum atomic E-state index is -2.79. The lowest BCUT2D eigenvalue weighted by Gasteiger charge is -2.29. The molecule has 2 atom stereocenters. The van der Waals surface area contributed by atoms with Gasteiger partial charge >= 0.3 is 17.9 Å². The first kappa shape index (κ1) is 26.0. The highest BCUT2D eigenvalue weighted by Gasteiger charge is 2.55. The van der Waals surface area contributed by atoms with Crippen LogP contribution in [0.15, 0.2) is 84.9 Å². The van der Waals surface area contributed by atoms with Gasteiger partial charge in [-0.3, -0.25) is 14.9 Å². The third-order valence-electron chi connectivity index (χ3n) is 5.11. The number of hydrogen-bond donors (Lipinski definition) is 2. The van der Waals surface area contributed by atoms with Gasteiger partial charge in [0, 0.05) is 12.1 Å². The van der Waals surface area contributed by atoms with E-state index in [1.165, 1.54) is 0 Å². The molecule has 0 aliphatic carbocycles. The summed E-state index contributed by atoms with van der Waals surface area (Å²) < 4.78 is 15.5. The molecule has 0 heterocycles. The Balaban J connectivity index is 1.81. The fourth-order valence-electron chi connectivity index (χ4n) is 3.01. The van der Waals surface area contributed by atoms with Gasteiger partial charge in [0.15, 0.2) is 0 Å². The van der Waals surface area contributed by atoms with Crippen molar-refractivity contribution in [1.82, 2.24) is 0 Å². The predicted molar refractivity (Wildman–Crippen MR) is 126 cm³/mol. The van der Waals surface area contributed by atoms with Crippen molar-refractivity contribution in [3.63, 3.8) is 0 Å². The van der Waals surface area contributed by atoms with Gasteiger partial charge < -0.3 is 25.7 Å². The van der Waals surface area contributed by atoms with Gasteiger partial charge in [-0.2, -0.15) is 0 Å². The van der Waals surface area contributed by atoms with E-state index in [0.717, 1.165) is 24.3 Å². The van der Waals surface area contributed by atoms with Crippen LogP contribution in [0.2, 0.25) is 0 Å². The van der Waals surface area contributed by atoms with Crippen molar-refractivity contribution < 1.29 is 33.5 Å². The van der Waals surface area contributed by atoms with E-state index in [0.29, 0.717) is 11.1 Å². The van der Waals surface area contributed by atoms with Crippen LogP contribution >= 0.6 is 0 Å². The summed E-state index contributed by atoms with van der Waals surface area (Å²) in [5.41, 5.74) is 10.3. The first-order valence-electron chi connectivity index (χ1n) is 10.6. The molecule has 3 aromatic carbocycles. The van der Waals surface area contributed by atoms with Crippen LogP contribution in [-0.4, -0.2) is 34.4 Å². The first-order chi connectivity index (χ1) is 17.2. The first-order valence-corrected chi connectivity index (χ1v) is 10.6. The van der Waals surface area contributed by atoms with Gasteiger partial charge in [0.2, 0.25) is 5.54 Å². The second-order valence-electron chi connectivity index (χ2n) is 7.64. The number of nitrogens with zero attached hydrogens (tertiary/aromatic N) is 1. The summed E-state index contributed by atoms with van der Waals surface area (Å²) in [5, 5.41) is 10.8. The molecule has 11 heteroatoms. The lowest BCUT2D eigenvalue weighted by molar-refractivity contribution is -0.384. The van der Waals surface area contributed by atoms with Crippen LogP contribution in [0.4, 0.5) is 5.69 Å². The van der Waals surface area contributed by atoms with Gasteiger partial charge in [-0.1, -0.05) is 60.7 Å². The van der Waals surface area contributed by atoms with E-state index in [4.69, 9.17) is 25.7 Å². The number of benzene rings is 3. The number of esters is 3. The molecule has 36 heavy (non-hydrogen) atoms. The number of ether oxygens (including phenoxy) is 3. The highest BCUT2D eigenvalue weighted by Crippen LogP contribution is 2.21. The summed E-state index contributed by atoms with van der Waals surface area (Å²) in [7, 11) is 0. The lowest BCUT2D eigenvalue weighted by Crippen LogP contribution is -2.70. The maximum absolute atomic E-state index is 13.1. The molecular weight excluding hydrogens is 470 g/mol. The summed E-state index contributed by atoms with van der Waals surface area (Å²) >= 11 is 0. The molecule has 0 radical (unpaired) electrons. The predicted octanol–water partition coefficient (Wildman–Crippen LogP) is 2.01. The molecule has 0 fully saturated rings. The van der Waals surface area contributed by atoms with E-state index in [1.54, 1.807) is 60.7 Å². The third kappa shape index (κ3) is 6.29. The van der Waals surface area contributed by atoms with Gasteiger partial charge in [0.1, 0.15) is 25.0 Å². The highest BCUT2D eigenvalue weighted by atomic mass is 16.6. The van der Waals surface area contributed by atoms with Crippen LogP contribution in [0.3, 0.4) is 0 Å². The minimum absolute atomic E-state index is 0.166. The monoisotopic (exact) mass is 493 g/mol. The van der Waals surface area contributed by atoms with Gasteiger partial charge in [-0.15, -0.1) is 0 Å². The van der Waals surface area contributed by atoms with Crippen LogP contribution < -0.4 is 16.2 Å². The van der Waals surface area contributed by atoms with Crippen LogP contribution in [0, 0.1) is 10.1 Å². The largest absolute Gasteiger partial charge is 0.460 e. The maximum atomic E-state index is 13.1. The van der Waals surface area contributed by atoms with Crippen molar-refractivity contribution in [3.8, 4) is 5.75 Å². The van der Waals surface area contributed by atoms with Crippen molar-refractivity contribution in [1.29, 1.82) is 0 Å². The van der Waals surface area contributed by atoms with Crippen LogP contribution in [0.25, 0.3) is 0 Å². The van der Waals surface area contributed by atoms with E-state index in [2.05, 4.69) is 0 Å². The van der Waals surface area contributed by atoms with Crippen LogP contribution in [0.5, 0.6) is 5.75 Å². The molecule has 3 rings (SSSR count). The Morgan fingerprint density at radius 2 is 1.31 bits per heavy atom. The Bertz CT molecular complexity index is 1220. The zero-order valence-corrected chi connectivity index (χ0v) is 18.9. The number of rotatable bonds is 10. The van der Waals surface area contributed by atoms with Crippen molar-refractivity contribution in [2.75, 3.05) is 0 Å². The molecule has 0 bridgehead atoms. The normalized spacial score (nSPS) is 13.1. The molecule has 0 aliphatic rings. The van der Waals surface area contributed by atoms with Crippen molar-refractivity contribution in [3.05, 3.63) is 106 Å². The topological polar surface area (TPSA) is 174 Å². The molecule has 0 spiro atoms. The minimum Gasteiger partial charge on any atom is -0.460 e. The summed E-state index contributed by atoms with van der Waals surface area (Å²) in [5.74, 6) is -4.03. The number of carbonyl (C=O) groups is 3. The molecule has 4 N–H and O–H groups in total. The highest BCUT2D eigenvalue weighted by molar-refractivity contribution is 6.10. The van der Waals surface area contributed by atoms with Gasteiger partial charge in [-0.05, 0) is 23.3 Å². The molecule has 0 amide bonds. The Morgan fingerprint density at radius 1 is 0.806 bits per heavy atom. The summed E-state index contributed by atoms with van der Waals surface area (Å²) in [6.45, 7) is -0.435. The maximum Gasteiger partial charge on any atom is 0.345 e. The second kappa shape index (κ2) is 11.7. The number of carbonyl (C=O) groups excluding carboxylic acids is 3. The average Bonchev–Trinajstić information content (AvgIpc) is 2.90. The molecule has 0 aliphatic heterocycles. The molecular formula is C25H23N3O8. The third-order valence-corrected chi connectivity index (χ3v) is 5.11. The quantitative estimate of drug-likeness (QED) is 0.140. The second-order valence-corrected chi connectivity index (χ2v) is 7.64. The van der Waals surface area contributed by atoms with Crippen LogP contribution in [0.1, 0.15) is 11.1 Å². The van der Waals surface area contributed by atoms with Gasteiger partial charge in [0.05, 0.1) is 4.92 Å². The fraction of sp³-hybridized carbons (Fsp3) is 0.160. The number of nitrogens with two attached hydrogens (primary N) is 2. The van der Waals surface area contributed by atoms with E-state index in [9.17, 15) is 24.5 Å². The fourth-order valence-corrected chi connectivity index (χ4v) is 3.01. The van der Waals surface area contributed by atoms with Crippen molar-refractivity contribution >= 4 is 23.6 Å². The van der Waals surface area contributed by atoms with E-state index in [1.807, 2.05) is 0 Å². The summed E-state index contributed by atoms with van der Waals surface area (Å²) in [6, 6.07) is 19.6. The Kier molecular flexibility index (Phi) is 8.44. The molecule has 3 aromatic rings. The Hall–Kier alpha value is -4.61. The molecule has 0 aromatic heterocycles. The lowest BCUT2D eigenvalue weighted by atomic mass is 9.91. The Morgan fingerprint density at radius 3 is 1.81 bits per heavy atom. The average molecular weight is 493 g/mol. The number of hydrogen-bond acceptors (Lipinski definition) is 10. The zero-order valence-electron chi connectivity index (χ0n) is 18.9. The molecule has 11 nitrogen and oxygen atoms in total. The van der Waals surface area contributed by atoms with E-state index in [-0.39, 0.29) is 24.7 Å². The molecule has 0 saturated carbocycles. The van der Waals surface area contributed by atoms with Crippen molar-refractivity contribution in [2.45, 2.75) is 24.8 Å². The van der Waals surface area contributed by atoms with Crippen LogP contribution in [-0.2, 0) is 37.1 Å². The number of non-ortho nitro benzene ring substituents is 1. The molecule has 1 unspecified atom stereocenters. The smallest absolute Gasteiger partial charge is 0.345 e. The molecule has 0 saturated heterocycles. The summed E-state index contributed by atoms with van der Waals surface area (Å²) in [4.78, 5) is 49.0. The van der Waals surface area contributed by atoms with E-state index >= 15 is 0 Å². The SMILES string of the molecule is NC(C(=O)OCc1ccccc1)[C@@](N)(C(=O)OCc1ccccc1)C(=O)Oc1ccc([N+](=O)[O-])cc1. The standard InChI is InChI=1S/C25H23N3O8/c26-21(22(29)34-15-17-7-3-1-4-8-17)25(27,23(30)35-16-18-9-5-2-6-10-18)24(31)36-20-13-11-19(12-14-20)28(32)33/h1-14,21H,15-16,26-27H2/t21?,25-/m1/s1. The van der Waals surface area contributed by atoms with Gasteiger partial charge in [0.25, 0.3) is 5.69 Å². The zero-order chi connectivity index (χ0) is 26.1. The summed E-state index contributed by atoms with van der Waals surface area (Å²) in [6.07, 6.45) is 0. The molecule has 186 valence electrons. The number of nitro groups is 1. The van der Waals surface area contributed by atoms with Crippen molar-refractivity contribution in [2.24, 2.45) is 11.5 Å². The van der Waals surface area contributed by atoms with Gasteiger partial charge in [-0.25, -0.2) is 9.59 Å². The Labute approximate surface area is 205 Å².